The van der Waals surface area contributed by atoms with Crippen LogP contribution in [0.3, 0.4) is 0 Å². The van der Waals surface area contributed by atoms with Gasteiger partial charge < -0.3 is 14.8 Å². The number of anilines is 3. The summed E-state index contributed by atoms with van der Waals surface area (Å²) in [6, 6.07) is 19.0. The maximum Gasteiger partial charge on any atom is 0.432 e. The monoisotopic (exact) mass is 453 g/mol. The number of para-hydroxylation sites is 2. The predicted octanol–water partition coefficient (Wildman–Crippen LogP) is 5.96. The summed E-state index contributed by atoms with van der Waals surface area (Å²) >= 11 is 0. The van der Waals surface area contributed by atoms with Gasteiger partial charge in [-0.25, -0.2) is 9.55 Å². The summed E-state index contributed by atoms with van der Waals surface area (Å²) in [4.78, 5) is 4.80. The molecule has 32 heavy (non-hydrogen) atoms. The number of benzene rings is 3. The van der Waals surface area contributed by atoms with Gasteiger partial charge >= 0.3 is 7.75 Å². The van der Waals surface area contributed by atoms with Gasteiger partial charge in [-0.05, 0) is 24.3 Å². The van der Waals surface area contributed by atoms with Crippen molar-refractivity contribution in [1.29, 1.82) is 0 Å². The molecule has 0 aliphatic rings. The summed E-state index contributed by atoms with van der Waals surface area (Å²) in [5, 5.41) is 8.14. The molecule has 4 aromatic rings. The normalized spacial score (nSPS) is 11.5. The second-order valence-electron chi connectivity index (χ2n) is 6.87. The number of aromatic nitrogens is 1. The summed E-state index contributed by atoms with van der Waals surface area (Å²) in [5.74, 6) is 1.24. The van der Waals surface area contributed by atoms with Crippen LogP contribution < -0.4 is 19.9 Å². The average Bonchev–Trinajstić information content (AvgIpc) is 2.84. The van der Waals surface area contributed by atoms with Crippen molar-refractivity contribution in [3.05, 3.63) is 60.7 Å². The number of fused-ring (bicyclic) bond motifs is 2. The first-order chi connectivity index (χ1) is 15.5. The number of rotatable bonds is 8. The Kier molecular flexibility index (Phi) is 6.19. The minimum absolute atomic E-state index is 0.533. The molecule has 0 atom stereocenters. The van der Waals surface area contributed by atoms with Crippen LogP contribution >= 0.6 is 7.75 Å². The average molecular weight is 453 g/mol. The largest absolute Gasteiger partial charge is 0.494 e. The number of nitrogens with one attached hydrogen (secondary N) is 2. The van der Waals surface area contributed by atoms with Crippen LogP contribution in [0.25, 0.3) is 21.8 Å². The molecule has 0 radical (unpaired) electrons. The van der Waals surface area contributed by atoms with Gasteiger partial charge in [-0.1, -0.05) is 30.3 Å². The molecule has 0 fully saturated rings. The van der Waals surface area contributed by atoms with Gasteiger partial charge in [0, 0.05) is 36.7 Å². The molecule has 0 saturated carbocycles. The fourth-order valence-corrected chi connectivity index (χ4v) is 4.30. The van der Waals surface area contributed by atoms with Crippen molar-refractivity contribution in [2.24, 2.45) is 0 Å². The molecule has 0 unspecified atom stereocenters. The van der Waals surface area contributed by atoms with Crippen molar-refractivity contribution in [3.63, 3.8) is 0 Å². The van der Waals surface area contributed by atoms with E-state index in [0.717, 1.165) is 33.2 Å². The summed E-state index contributed by atoms with van der Waals surface area (Å²) < 4.78 is 33.5. The van der Waals surface area contributed by atoms with Gasteiger partial charge in [-0.15, -0.1) is 0 Å². The maximum absolute atomic E-state index is 12.4. The molecular formula is C23H24N3O5P. The van der Waals surface area contributed by atoms with Gasteiger partial charge in [0.05, 0.1) is 31.1 Å². The van der Waals surface area contributed by atoms with E-state index >= 15 is 0 Å². The summed E-state index contributed by atoms with van der Waals surface area (Å²) in [5.41, 5.74) is 3.73. The lowest BCUT2D eigenvalue weighted by atomic mass is 10.1. The zero-order valence-electron chi connectivity index (χ0n) is 18.2. The van der Waals surface area contributed by atoms with Gasteiger partial charge in [-0.2, -0.15) is 0 Å². The number of nitrogens with zero attached hydrogens (tertiary/aromatic N) is 1. The highest BCUT2D eigenvalue weighted by atomic mass is 31.2. The summed E-state index contributed by atoms with van der Waals surface area (Å²) in [6.45, 7) is 0. The quantitative estimate of drug-likeness (QED) is 0.249. The standard InChI is InChI=1S/C23H24N3O5P/c1-28-20-11-7-9-17-22(16-8-5-6-10-18(16)24-23(17)20)25-19-13-12-15(14-21(19)29-2)26-32(27,30-3)31-4/h5-14H,1-4H3,(H,24,25)(H,26,27). The van der Waals surface area contributed by atoms with Crippen molar-refractivity contribution in [3.8, 4) is 11.5 Å². The van der Waals surface area contributed by atoms with E-state index < -0.39 is 7.75 Å². The van der Waals surface area contributed by atoms with Crippen molar-refractivity contribution in [2.45, 2.75) is 0 Å². The number of hydrogen-bond donors (Lipinski definition) is 2. The predicted molar refractivity (Wildman–Crippen MR) is 127 cm³/mol. The highest BCUT2D eigenvalue weighted by molar-refractivity contribution is 7.55. The zero-order valence-corrected chi connectivity index (χ0v) is 19.1. The number of hydrogen-bond acceptors (Lipinski definition) is 7. The third-order valence-corrected chi connectivity index (χ3v) is 6.60. The molecular weight excluding hydrogens is 429 g/mol. The number of methoxy groups -OCH3 is 2. The highest BCUT2D eigenvalue weighted by Crippen LogP contribution is 2.47. The molecule has 1 aromatic heterocycles. The Morgan fingerprint density at radius 2 is 1.53 bits per heavy atom. The molecule has 3 aromatic carbocycles. The fourth-order valence-electron chi connectivity index (χ4n) is 3.51. The first kappa shape index (κ1) is 21.9. The maximum atomic E-state index is 12.4. The molecule has 9 heteroatoms. The highest BCUT2D eigenvalue weighted by Gasteiger charge is 2.22. The first-order valence-electron chi connectivity index (χ1n) is 9.82. The molecule has 2 N–H and O–H groups in total. The Labute approximate surface area is 186 Å². The topological polar surface area (TPSA) is 90.9 Å². The van der Waals surface area contributed by atoms with Crippen LogP contribution in [0.15, 0.2) is 60.7 Å². The van der Waals surface area contributed by atoms with E-state index in [9.17, 15) is 4.57 Å². The van der Waals surface area contributed by atoms with Gasteiger partial charge in [0.25, 0.3) is 0 Å². The molecule has 4 rings (SSSR count). The minimum atomic E-state index is -3.44. The second kappa shape index (κ2) is 9.04. The van der Waals surface area contributed by atoms with Crippen molar-refractivity contribution < 1.29 is 23.1 Å². The third kappa shape index (κ3) is 4.08. The Morgan fingerprint density at radius 3 is 2.25 bits per heavy atom. The molecule has 0 saturated heterocycles. The van der Waals surface area contributed by atoms with E-state index in [2.05, 4.69) is 10.4 Å². The van der Waals surface area contributed by atoms with Crippen molar-refractivity contribution in [1.82, 2.24) is 4.98 Å². The van der Waals surface area contributed by atoms with Gasteiger partial charge in [0.2, 0.25) is 0 Å². The first-order valence-corrected chi connectivity index (χ1v) is 11.4. The minimum Gasteiger partial charge on any atom is -0.494 e. The van der Waals surface area contributed by atoms with Crippen molar-refractivity contribution >= 4 is 46.6 Å². The van der Waals surface area contributed by atoms with Crippen LogP contribution in [0.2, 0.25) is 0 Å². The molecule has 0 spiro atoms. The van der Waals surface area contributed by atoms with E-state index in [-0.39, 0.29) is 0 Å². The van der Waals surface area contributed by atoms with Crippen LogP contribution in [0, 0.1) is 0 Å². The summed E-state index contributed by atoms with van der Waals surface area (Å²) in [6.07, 6.45) is 0. The molecule has 0 aliphatic carbocycles. The van der Waals surface area contributed by atoms with E-state index in [4.69, 9.17) is 23.5 Å². The fraction of sp³-hybridized carbons (Fsp3) is 0.174. The zero-order chi connectivity index (χ0) is 22.7. The Bertz CT molecular complexity index is 1320. The Hall–Kier alpha value is -3.32. The van der Waals surface area contributed by atoms with Crippen LogP contribution in [-0.4, -0.2) is 33.4 Å². The Balaban J connectivity index is 1.83. The van der Waals surface area contributed by atoms with Crippen LogP contribution in [0.4, 0.5) is 17.1 Å². The number of ether oxygens (including phenoxy) is 2. The van der Waals surface area contributed by atoms with Gasteiger partial charge in [-0.3, -0.25) is 14.1 Å². The van der Waals surface area contributed by atoms with Crippen molar-refractivity contribution in [2.75, 3.05) is 38.8 Å². The molecule has 8 nitrogen and oxygen atoms in total. The molecule has 0 bridgehead atoms. The van der Waals surface area contributed by atoms with Crippen LogP contribution in [0.5, 0.6) is 11.5 Å². The van der Waals surface area contributed by atoms with Crippen LogP contribution in [0.1, 0.15) is 0 Å². The molecule has 0 amide bonds. The van der Waals surface area contributed by atoms with E-state index in [1.165, 1.54) is 14.2 Å². The number of pyridine rings is 1. The van der Waals surface area contributed by atoms with E-state index in [1.54, 1.807) is 26.4 Å². The van der Waals surface area contributed by atoms with Gasteiger partial charge in [0.15, 0.2) is 0 Å². The SMILES string of the molecule is COc1cc(NP(=O)(OC)OC)ccc1Nc1c2ccccc2nc2c(OC)cccc12. The molecule has 0 aliphatic heterocycles. The summed E-state index contributed by atoms with van der Waals surface area (Å²) in [7, 11) is 2.40. The lowest BCUT2D eigenvalue weighted by molar-refractivity contribution is 0.281. The lowest BCUT2D eigenvalue weighted by Gasteiger charge is -2.19. The molecule has 166 valence electrons. The van der Waals surface area contributed by atoms with E-state index in [1.807, 2.05) is 48.5 Å². The van der Waals surface area contributed by atoms with E-state index in [0.29, 0.717) is 17.2 Å². The lowest BCUT2D eigenvalue weighted by Crippen LogP contribution is -2.02. The van der Waals surface area contributed by atoms with Gasteiger partial charge in [0.1, 0.15) is 17.0 Å². The van der Waals surface area contributed by atoms with Crippen LogP contribution in [-0.2, 0) is 13.6 Å². The third-order valence-electron chi connectivity index (χ3n) is 5.10. The smallest absolute Gasteiger partial charge is 0.432 e. The second-order valence-corrected chi connectivity index (χ2v) is 8.82. The molecule has 1 heterocycles. The Morgan fingerprint density at radius 1 is 0.812 bits per heavy atom.